The van der Waals surface area contributed by atoms with Crippen LogP contribution in [-0.4, -0.2) is 25.3 Å². The SMILES string of the molecule is C[C@H](NS(=O)(=O)N1CCCC[C@@H]1C)c1cccs1. The van der Waals surface area contributed by atoms with Crippen LogP contribution in [0.25, 0.3) is 0 Å². The third-order valence-electron chi connectivity index (χ3n) is 3.35. The maximum absolute atomic E-state index is 12.3. The van der Waals surface area contributed by atoms with Crippen LogP contribution in [0.3, 0.4) is 0 Å². The molecule has 0 amide bonds. The van der Waals surface area contributed by atoms with Gasteiger partial charge in [0.05, 0.1) is 6.04 Å². The van der Waals surface area contributed by atoms with E-state index in [1.54, 1.807) is 15.6 Å². The van der Waals surface area contributed by atoms with E-state index in [0.717, 1.165) is 24.1 Å². The smallest absolute Gasteiger partial charge is 0.195 e. The van der Waals surface area contributed by atoms with Gasteiger partial charge in [0, 0.05) is 17.5 Å². The molecule has 18 heavy (non-hydrogen) atoms. The van der Waals surface area contributed by atoms with Crippen LogP contribution in [0.15, 0.2) is 17.5 Å². The Labute approximate surface area is 113 Å². The Bertz CT molecular complexity index is 470. The maximum atomic E-state index is 12.3. The molecule has 0 aromatic carbocycles. The van der Waals surface area contributed by atoms with Crippen LogP contribution < -0.4 is 4.72 Å². The molecule has 1 fully saturated rings. The lowest BCUT2D eigenvalue weighted by atomic mass is 10.1. The summed E-state index contributed by atoms with van der Waals surface area (Å²) >= 11 is 1.57. The molecule has 0 saturated carbocycles. The molecule has 102 valence electrons. The Morgan fingerprint density at radius 1 is 1.50 bits per heavy atom. The largest absolute Gasteiger partial charge is 0.280 e. The molecule has 1 N–H and O–H groups in total. The summed E-state index contributed by atoms with van der Waals surface area (Å²) in [5.41, 5.74) is 0. The molecule has 1 saturated heterocycles. The number of nitrogens with zero attached hydrogens (tertiary/aromatic N) is 1. The third kappa shape index (κ3) is 3.12. The summed E-state index contributed by atoms with van der Waals surface area (Å²) in [4.78, 5) is 1.04. The van der Waals surface area contributed by atoms with E-state index in [1.807, 2.05) is 31.4 Å². The summed E-state index contributed by atoms with van der Waals surface area (Å²) in [5.74, 6) is 0. The van der Waals surface area contributed by atoms with Gasteiger partial charge >= 0.3 is 0 Å². The molecule has 1 aromatic rings. The molecular formula is C12H20N2O2S2. The van der Waals surface area contributed by atoms with E-state index in [4.69, 9.17) is 0 Å². The molecule has 0 spiro atoms. The topological polar surface area (TPSA) is 49.4 Å². The second-order valence-electron chi connectivity index (χ2n) is 4.82. The Morgan fingerprint density at radius 2 is 2.28 bits per heavy atom. The fraction of sp³-hybridized carbons (Fsp3) is 0.667. The minimum atomic E-state index is -3.37. The highest BCUT2D eigenvalue weighted by Crippen LogP contribution is 2.23. The first-order chi connectivity index (χ1) is 8.50. The van der Waals surface area contributed by atoms with Gasteiger partial charge in [-0.15, -0.1) is 11.3 Å². The van der Waals surface area contributed by atoms with Crippen molar-refractivity contribution < 1.29 is 8.42 Å². The van der Waals surface area contributed by atoms with Crippen LogP contribution in [0.2, 0.25) is 0 Å². The van der Waals surface area contributed by atoms with Crippen molar-refractivity contribution in [2.75, 3.05) is 6.54 Å². The zero-order valence-corrected chi connectivity index (χ0v) is 12.4. The minimum absolute atomic E-state index is 0.104. The molecule has 0 bridgehead atoms. The molecule has 1 aromatic heterocycles. The molecule has 1 aliphatic heterocycles. The van der Waals surface area contributed by atoms with E-state index >= 15 is 0 Å². The highest BCUT2D eigenvalue weighted by molar-refractivity contribution is 7.87. The zero-order chi connectivity index (χ0) is 13.2. The Balaban J connectivity index is 2.07. The molecule has 2 atom stereocenters. The first-order valence-corrected chi connectivity index (χ1v) is 8.65. The van der Waals surface area contributed by atoms with Gasteiger partial charge in [-0.05, 0) is 38.1 Å². The molecule has 6 heteroatoms. The number of rotatable bonds is 4. The fourth-order valence-electron chi connectivity index (χ4n) is 2.32. The maximum Gasteiger partial charge on any atom is 0.280 e. The molecule has 1 aliphatic rings. The van der Waals surface area contributed by atoms with E-state index in [9.17, 15) is 8.42 Å². The third-order valence-corrected chi connectivity index (χ3v) is 6.21. The number of hydrogen-bond donors (Lipinski definition) is 1. The van der Waals surface area contributed by atoms with Gasteiger partial charge in [-0.2, -0.15) is 17.4 Å². The van der Waals surface area contributed by atoms with Crippen molar-refractivity contribution in [1.82, 2.24) is 9.03 Å². The van der Waals surface area contributed by atoms with E-state index in [1.165, 1.54) is 0 Å². The van der Waals surface area contributed by atoms with Crippen LogP contribution in [0.1, 0.15) is 44.0 Å². The molecule has 2 heterocycles. The molecule has 0 unspecified atom stereocenters. The number of piperidine rings is 1. The summed E-state index contributed by atoms with van der Waals surface area (Å²) in [5, 5.41) is 1.96. The summed E-state index contributed by atoms with van der Waals surface area (Å²) in [6, 6.07) is 3.84. The minimum Gasteiger partial charge on any atom is -0.195 e. The van der Waals surface area contributed by atoms with Gasteiger partial charge < -0.3 is 0 Å². The van der Waals surface area contributed by atoms with E-state index < -0.39 is 10.2 Å². The predicted octanol–water partition coefficient (Wildman–Crippen LogP) is 2.52. The number of hydrogen-bond acceptors (Lipinski definition) is 3. The van der Waals surface area contributed by atoms with Gasteiger partial charge in [-0.1, -0.05) is 12.5 Å². The second-order valence-corrected chi connectivity index (χ2v) is 7.45. The lowest BCUT2D eigenvalue weighted by Crippen LogP contribution is -2.48. The van der Waals surface area contributed by atoms with Gasteiger partial charge in [0.25, 0.3) is 10.2 Å². The Hall–Kier alpha value is -0.430. The molecule has 0 radical (unpaired) electrons. The van der Waals surface area contributed by atoms with Crippen LogP contribution >= 0.6 is 11.3 Å². The van der Waals surface area contributed by atoms with Gasteiger partial charge in [0.2, 0.25) is 0 Å². The predicted molar refractivity (Wildman–Crippen MR) is 74.8 cm³/mol. The monoisotopic (exact) mass is 288 g/mol. The quantitative estimate of drug-likeness (QED) is 0.925. The number of nitrogens with one attached hydrogen (secondary N) is 1. The normalized spacial score (nSPS) is 24.0. The zero-order valence-electron chi connectivity index (χ0n) is 10.8. The molecular weight excluding hydrogens is 268 g/mol. The van der Waals surface area contributed by atoms with Crippen LogP contribution in [0.5, 0.6) is 0 Å². The van der Waals surface area contributed by atoms with Crippen molar-refractivity contribution in [1.29, 1.82) is 0 Å². The number of thiophene rings is 1. The fourth-order valence-corrected chi connectivity index (χ4v) is 4.78. The van der Waals surface area contributed by atoms with Gasteiger partial charge in [-0.3, -0.25) is 0 Å². The molecule has 0 aliphatic carbocycles. The average Bonchev–Trinajstić information content (AvgIpc) is 2.82. The van der Waals surface area contributed by atoms with Crippen molar-refractivity contribution in [2.24, 2.45) is 0 Å². The summed E-state index contributed by atoms with van der Waals surface area (Å²) in [6.07, 6.45) is 3.03. The van der Waals surface area contributed by atoms with E-state index in [2.05, 4.69) is 4.72 Å². The summed E-state index contributed by atoms with van der Waals surface area (Å²) < 4.78 is 29.0. The summed E-state index contributed by atoms with van der Waals surface area (Å²) in [7, 11) is -3.37. The van der Waals surface area contributed by atoms with Crippen LogP contribution in [-0.2, 0) is 10.2 Å². The first kappa shape index (κ1) is 14.0. The standard InChI is InChI=1S/C12H20N2O2S2/c1-10-6-3-4-8-14(10)18(15,16)13-11(2)12-7-5-9-17-12/h5,7,9-11,13H,3-4,6,8H2,1-2H3/t10-,11-/m0/s1. The van der Waals surface area contributed by atoms with Gasteiger partial charge in [0.1, 0.15) is 0 Å². The van der Waals surface area contributed by atoms with Crippen molar-refractivity contribution in [3.8, 4) is 0 Å². The van der Waals surface area contributed by atoms with Crippen LogP contribution in [0.4, 0.5) is 0 Å². The van der Waals surface area contributed by atoms with Crippen molar-refractivity contribution in [3.63, 3.8) is 0 Å². The second kappa shape index (κ2) is 5.69. The van der Waals surface area contributed by atoms with Crippen molar-refractivity contribution in [2.45, 2.75) is 45.2 Å². The van der Waals surface area contributed by atoms with Crippen molar-refractivity contribution in [3.05, 3.63) is 22.4 Å². The average molecular weight is 288 g/mol. The Morgan fingerprint density at radius 3 is 2.89 bits per heavy atom. The lowest BCUT2D eigenvalue weighted by molar-refractivity contribution is 0.264. The highest BCUT2D eigenvalue weighted by atomic mass is 32.2. The lowest BCUT2D eigenvalue weighted by Gasteiger charge is -2.33. The van der Waals surface area contributed by atoms with E-state index in [0.29, 0.717) is 6.54 Å². The van der Waals surface area contributed by atoms with Gasteiger partial charge in [0.15, 0.2) is 0 Å². The van der Waals surface area contributed by atoms with Crippen molar-refractivity contribution >= 4 is 21.5 Å². The first-order valence-electron chi connectivity index (χ1n) is 6.33. The van der Waals surface area contributed by atoms with Gasteiger partial charge in [-0.25, -0.2) is 0 Å². The molecule has 2 rings (SSSR count). The molecule has 4 nitrogen and oxygen atoms in total. The highest BCUT2D eigenvalue weighted by Gasteiger charge is 2.30. The van der Waals surface area contributed by atoms with Crippen LogP contribution in [0, 0.1) is 0 Å². The summed E-state index contributed by atoms with van der Waals surface area (Å²) in [6.45, 7) is 4.50. The Kier molecular flexibility index (Phi) is 4.42. The van der Waals surface area contributed by atoms with E-state index in [-0.39, 0.29) is 12.1 Å².